The maximum atomic E-state index is 17.8. The number of methoxy groups -OCH3 is 1. The highest BCUT2D eigenvalue weighted by atomic mass is 19.1. The summed E-state index contributed by atoms with van der Waals surface area (Å²) in [6.45, 7) is 6.23. The van der Waals surface area contributed by atoms with Crippen LogP contribution in [-0.4, -0.2) is 89.8 Å². The molecule has 4 aliphatic rings. The fraction of sp³-hybridized carbons (Fsp3) is 0.614. The molecule has 58 heavy (non-hydrogen) atoms. The molecule has 4 aliphatic carbocycles. The molecule has 318 valence electrons. The number of unbranched alkanes of at least 4 members (excludes halogenated alkanes) is 5. The van der Waals surface area contributed by atoms with Crippen LogP contribution in [0, 0.1) is 22.7 Å². The second-order valence-corrected chi connectivity index (χ2v) is 16.3. The van der Waals surface area contributed by atoms with Crippen LogP contribution in [0.1, 0.15) is 104 Å². The van der Waals surface area contributed by atoms with Crippen LogP contribution in [0.2, 0.25) is 0 Å². The van der Waals surface area contributed by atoms with E-state index in [-0.39, 0.29) is 29.9 Å². The van der Waals surface area contributed by atoms with Crippen molar-refractivity contribution in [3.8, 4) is 11.5 Å². The van der Waals surface area contributed by atoms with Crippen LogP contribution in [0.3, 0.4) is 0 Å². The smallest absolute Gasteiger partial charge is 0.493 e. The topological polar surface area (TPSA) is 172 Å². The molecule has 0 spiro atoms. The molecule has 0 bridgehead atoms. The number of aliphatic hydroxyl groups excluding tert-OH is 2. The van der Waals surface area contributed by atoms with Crippen molar-refractivity contribution in [1.82, 2.24) is 0 Å². The van der Waals surface area contributed by atoms with Gasteiger partial charge >= 0.3 is 18.1 Å². The van der Waals surface area contributed by atoms with E-state index in [1.165, 1.54) is 57.4 Å². The molecule has 14 heteroatoms. The molecule has 0 amide bonds. The van der Waals surface area contributed by atoms with E-state index < -0.39 is 101 Å². The maximum absolute atomic E-state index is 17.8. The Hall–Kier alpha value is -4.43. The Kier molecular flexibility index (Phi) is 14.0. The molecule has 0 aromatic heterocycles. The number of halogens is 2. The summed E-state index contributed by atoms with van der Waals surface area (Å²) in [5, 5.41) is 23.7. The number of rotatable bonds is 17. The van der Waals surface area contributed by atoms with Gasteiger partial charge in [0.25, 0.3) is 0 Å². The third-order valence-corrected chi connectivity index (χ3v) is 12.8. The Morgan fingerprint density at radius 1 is 0.931 bits per heavy atom. The first kappa shape index (κ1) is 44.7. The second kappa shape index (κ2) is 18.2. The summed E-state index contributed by atoms with van der Waals surface area (Å²) in [6.07, 6.45) is 3.73. The van der Waals surface area contributed by atoms with E-state index in [0.717, 1.165) is 44.3 Å². The average molecular weight is 815 g/mol. The number of esters is 2. The molecule has 0 saturated heterocycles. The summed E-state index contributed by atoms with van der Waals surface area (Å²) in [4.78, 5) is 65.4. The van der Waals surface area contributed by atoms with Gasteiger partial charge in [0.1, 0.15) is 12.3 Å². The monoisotopic (exact) mass is 814 g/mol. The van der Waals surface area contributed by atoms with Gasteiger partial charge in [-0.2, -0.15) is 0 Å². The predicted octanol–water partition coefficient (Wildman–Crippen LogP) is 7.07. The highest BCUT2D eigenvalue weighted by Gasteiger charge is 2.79. The number of hydrogen-bond donors (Lipinski definition) is 2. The average Bonchev–Trinajstić information content (AvgIpc) is 3.40. The van der Waals surface area contributed by atoms with Crippen molar-refractivity contribution in [1.29, 1.82) is 0 Å². The van der Waals surface area contributed by atoms with Crippen LogP contribution in [0.4, 0.5) is 13.6 Å². The van der Waals surface area contributed by atoms with Crippen molar-refractivity contribution >= 4 is 35.7 Å². The van der Waals surface area contributed by atoms with Crippen LogP contribution in [0.5, 0.6) is 11.5 Å². The number of hydrogen-bond acceptors (Lipinski definition) is 12. The van der Waals surface area contributed by atoms with Crippen molar-refractivity contribution in [2.45, 2.75) is 128 Å². The number of ketones is 2. The van der Waals surface area contributed by atoms with Gasteiger partial charge in [-0.05, 0) is 86.4 Å². The molecule has 1 aromatic rings. The van der Waals surface area contributed by atoms with Crippen LogP contribution < -0.4 is 9.47 Å². The van der Waals surface area contributed by atoms with Gasteiger partial charge in [0, 0.05) is 29.2 Å². The number of ether oxygens (including phenoxy) is 5. The Morgan fingerprint density at radius 3 is 2.36 bits per heavy atom. The number of Topliss-reactive ketones (excluding diaryl/α,β-unsaturated/α-hetero) is 1. The van der Waals surface area contributed by atoms with Crippen molar-refractivity contribution in [2.75, 3.05) is 20.3 Å². The first-order valence-corrected chi connectivity index (χ1v) is 20.3. The fourth-order valence-electron chi connectivity index (χ4n) is 9.83. The van der Waals surface area contributed by atoms with Gasteiger partial charge < -0.3 is 33.9 Å². The normalized spacial score (nSPS) is 32.4. The van der Waals surface area contributed by atoms with Crippen LogP contribution in [0.25, 0.3) is 6.08 Å². The summed E-state index contributed by atoms with van der Waals surface area (Å²) in [7, 11) is 1.33. The summed E-state index contributed by atoms with van der Waals surface area (Å²) in [6, 6.07) is 4.41. The summed E-state index contributed by atoms with van der Waals surface area (Å²) in [5.74, 6) is -5.15. The van der Waals surface area contributed by atoms with E-state index in [2.05, 4.69) is 0 Å². The first-order chi connectivity index (χ1) is 27.5. The van der Waals surface area contributed by atoms with Gasteiger partial charge in [0.15, 0.2) is 29.6 Å². The van der Waals surface area contributed by atoms with Crippen molar-refractivity contribution in [3.63, 3.8) is 0 Å². The van der Waals surface area contributed by atoms with Crippen molar-refractivity contribution < 1.29 is 66.7 Å². The molecular weight excluding hydrogens is 758 g/mol. The highest BCUT2D eigenvalue weighted by Crippen LogP contribution is 2.70. The molecule has 0 heterocycles. The predicted molar refractivity (Wildman–Crippen MR) is 207 cm³/mol. The molecule has 3 fully saturated rings. The quantitative estimate of drug-likeness (QED) is 0.0540. The number of carbonyl (C=O) groups is 5. The maximum Gasteiger partial charge on any atom is 0.514 e. The van der Waals surface area contributed by atoms with E-state index in [0.29, 0.717) is 25.0 Å². The van der Waals surface area contributed by atoms with Gasteiger partial charge in [-0.3, -0.25) is 14.4 Å². The molecular formula is C44H56F2O12. The van der Waals surface area contributed by atoms with Gasteiger partial charge in [0.05, 0.1) is 19.8 Å². The molecule has 1 aromatic carbocycles. The zero-order valence-corrected chi connectivity index (χ0v) is 33.9. The lowest BCUT2D eigenvalue weighted by molar-refractivity contribution is -0.234. The summed E-state index contributed by atoms with van der Waals surface area (Å²) in [5.41, 5.74) is -7.89. The molecule has 3 saturated carbocycles. The lowest BCUT2D eigenvalue weighted by Crippen LogP contribution is -2.71. The molecule has 0 aliphatic heterocycles. The van der Waals surface area contributed by atoms with Crippen LogP contribution >= 0.6 is 0 Å². The standard InChI is InChI=1S/C44H56F2O12/c1-6-8-10-11-13-39(52)58-44(37(50)26-56-40(53)57-33-16-14-27(21-34(33)54-5)15-17-38(51)55-20-12-9-7-2)35(48)24-29-30-23-32(45)31-22-28(47)18-19-41(31,3)43(30,46)36(49)25-42(29,44)4/h14-19,21-22,29-30,32,35-36,48-49H,6-13,20,23-26H2,1-5H3. The first-order valence-electron chi connectivity index (χ1n) is 20.3. The number of alkyl halides is 2. The van der Waals surface area contributed by atoms with E-state index in [9.17, 15) is 34.2 Å². The van der Waals surface area contributed by atoms with Gasteiger partial charge in [-0.15, -0.1) is 0 Å². The van der Waals surface area contributed by atoms with E-state index >= 15 is 8.78 Å². The zero-order chi connectivity index (χ0) is 42.5. The zero-order valence-electron chi connectivity index (χ0n) is 33.9. The Labute approximate surface area is 338 Å². The van der Waals surface area contributed by atoms with Gasteiger partial charge in [0.2, 0.25) is 11.4 Å². The van der Waals surface area contributed by atoms with Crippen molar-refractivity contribution in [3.05, 3.63) is 53.6 Å². The fourth-order valence-corrected chi connectivity index (χ4v) is 9.83. The van der Waals surface area contributed by atoms with E-state index in [4.69, 9.17) is 23.7 Å². The minimum atomic E-state index is -2.52. The lowest BCUT2D eigenvalue weighted by atomic mass is 9.44. The molecule has 2 N–H and O–H groups in total. The molecule has 0 radical (unpaired) electrons. The summed E-state index contributed by atoms with van der Waals surface area (Å²) < 4.78 is 61.0. The second-order valence-electron chi connectivity index (χ2n) is 16.3. The molecule has 9 atom stereocenters. The molecule has 12 nitrogen and oxygen atoms in total. The minimum absolute atomic E-state index is 0.0882. The summed E-state index contributed by atoms with van der Waals surface area (Å²) >= 11 is 0. The van der Waals surface area contributed by atoms with E-state index in [1.54, 1.807) is 0 Å². The van der Waals surface area contributed by atoms with E-state index in [1.807, 2.05) is 13.8 Å². The number of fused-ring (bicyclic) bond motifs is 5. The highest BCUT2D eigenvalue weighted by molar-refractivity contribution is 6.01. The number of benzene rings is 1. The Bertz CT molecular complexity index is 1820. The van der Waals surface area contributed by atoms with Crippen LogP contribution in [-0.2, 0) is 33.4 Å². The SMILES string of the molecule is CCCCCCC(=O)OC1(C(=O)COC(=O)Oc2ccc(C=CC(=O)OCCCCC)cc2OC)C(O)CC2C3CC(F)C4=CC(=O)C=CC4(C)C3(F)C(O)CC21C. The minimum Gasteiger partial charge on any atom is -0.493 e. The third kappa shape index (κ3) is 8.23. The molecule has 5 rings (SSSR count). The van der Waals surface area contributed by atoms with Gasteiger partial charge in [-0.1, -0.05) is 65.0 Å². The van der Waals surface area contributed by atoms with Crippen molar-refractivity contribution in [2.24, 2.45) is 22.7 Å². The Balaban J connectivity index is 1.37. The number of aliphatic hydroxyl groups is 2. The molecule has 9 unspecified atom stereocenters. The number of allylic oxidation sites excluding steroid dienone is 4. The van der Waals surface area contributed by atoms with Gasteiger partial charge in [-0.25, -0.2) is 18.4 Å². The number of carbonyl (C=O) groups excluding carboxylic acids is 5. The largest absolute Gasteiger partial charge is 0.514 e. The Morgan fingerprint density at radius 2 is 1.66 bits per heavy atom. The third-order valence-electron chi connectivity index (χ3n) is 12.8. The van der Waals surface area contributed by atoms with Crippen LogP contribution in [0.15, 0.2) is 48.1 Å². The lowest BCUT2D eigenvalue weighted by Gasteiger charge is -2.63.